The highest BCUT2D eigenvalue weighted by Crippen LogP contribution is 2.06. The molecule has 0 aliphatic carbocycles. The third-order valence-electron chi connectivity index (χ3n) is 2.52. The number of guanidine groups is 1. The van der Waals surface area contributed by atoms with Gasteiger partial charge in [0.05, 0.1) is 13.0 Å². The Morgan fingerprint density at radius 2 is 2.17 bits per heavy atom. The molecule has 1 aliphatic heterocycles. The standard InChI is InChI=1S/C10H16N4O4/c11-7(9(17)18)2-1-3-13-10(12)14-5-6(15)4-8(14)16/h7H,1-5,11H2,(H2,12,13)(H,17,18). The van der Waals surface area contributed by atoms with E-state index in [1.165, 1.54) is 0 Å². The van der Waals surface area contributed by atoms with Crippen molar-refractivity contribution in [3.8, 4) is 0 Å². The lowest BCUT2D eigenvalue weighted by atomic mass is 10.2. The second-order valence-corrected chi connectivity index (χ2v) is 4.02. The topological polar surface area (TPSA) is 139 Å². The third kappa shape index (κ3) is 3.81. The molecule has 1 rings (SSSR count). The Hall–Kier alpha value is -1.96. The maximum Gasteiger partial charge on any atom is 0.320 e. The largest absolute Gasteiger partial charge is 0.480 e. The molecule has 1 heterocycles. The number of hydrogen-bond donors (Lipinski definition) is 3. The highest BCUT2D eigenvalue weighted by molar-refractivity contribution is 6.12. The van der Waals surface area contributed by atoms with Crippen LogP contribution in [-0.2, 0) is 14.4 Å². The number of aliphatic carboxylic acids is 1. The molecule has 0 spiro atoms. The van der Waals surface area contributed by atoms with Crippen molar-refractivity contribution in [2.75, 3.05) is 13.1 Å². The van der Waals surface area contributed by atoms with Crippen LogP contribution in [0.25, 0.3) is 0 Å². The molecule has 1 fully saturated rings. The van der Waals surface area contributed by atoms with Crippen LogP contribution in [0, 0.1) is 0 Å². The molecule has 5 N–H and O–H groups in total. The minimum Gasteiger partial charge on any atom is -0.480 e. The van der Waals surface area contributed by atoms with Gasteiger partial charge in [-0.25, -0.2) is 0 Å². The monoisotopic (exact) mass is 256 g/mol. The Bertz CT molecular complexity index is 393. The molecule has 0 bridgehead atoms. The number of rotatable bonds is 5. The summed E-state index contributed by atoms with van der Waals surface area (Å²) < 4.78 is 0. The van der Waals surface area contributed by atoms with Crippen LogP contribution in [0.5, 0.6) is 0 Å². The van der Waals surface area contributed by atoms with Gasteiger partial charge in [0, 0.05) is 6.54 Å². The minimum atomic E-state index is -1.06. The number of nitrogens with zero attached hydrogens (tertiary/aromatic N) is 2. The molecule has 1 saturated heterocycles. The molecule has 0 radical (unpaired) electrons. The van der Waals surface area contributed by atoms with Crippen molar-refractivity contribution in [3.05, 3.63) is 0 Å². The smallest absolute Gasteiger partial charge is 0.320 e. The van der Waals surface area contributed by atoms with E-state index < -0.39 is 12.0 Å². The van der Waals surface area contributed by atoms with Gasteiger partial charge in [-0.2, -0.15) is 0 Å². The van der Waals surface area contributed by atoms with Gasteiger partial charge in [0.15, 0.2) is 11.7 Å². The number of carboxylic acids is 1. The molecule has 1 amide bonds. The zero-order valence-electron chi connectivity index (χ0n) is 9.83. The van der Waals surface area contributed by atoms with Crippen LogP contribution < -0.4 is 11.5 Å². The highest BCUT2D eigenvalue weighted by atomic mass is 16.4. The van der Waals surface area contributed by atoms with Gasteiger partial charge < -0.3 is 16.6 Å². The van der Waals surface area contributed by atoms with Crippen molar-refractivity contribution in [3.63, 3.8) is 0 Å². The van der Waals surface area contributed by atoms with Crippen molar-refractivity contribution < 1.29 is 19.5 Å². The number of Topliss-reactive ketones (excluding diaryl/α,β-unsaturated/α-hetero) is 1. The van der Waals surface area contributed by atoms with Gasteiger partial charge in [0.2, 0.25) is 5.91 Å². The summed E-state index contributed by atoms with van der Waals surface area (Å²) in [6, 6.07) is -0.920. The van der Waals surface area contributed by atoms with Gasteiger partial charge in [-0.15, -0.1) is 0 Å². The van der Waals surface area contributed by atoms with Gasteiger partial charge in [0.1, 0.15) is 6.04 Å². The first-order valence-corrected chi connectivity index (χ1v) is 5.52. The second kappa shape index (κ2) is 6.10. The van der Waals surface area contributed by atoms with Gasteiger partial charge in [0.25, 0.3) is 0 Å². The Morgan fingerprint density at radius 1 is 1.50 bits per heavy atom. The summed E-state index contributed by atoms with van der Waals surface area (Å²) in [6.07, 6.45) is 0.587. The number of likely N-dealkylation sites (tertiary alicyclic amines) is 1. The molecule has 1 unspecified atom stereocenters. The number of carbonyl (C=O) groups excluding carboxylic acids is 2. The lowest BCUT2D eigenvalue weighted by molar-refractivity contribution is -0.138. The molecule has 1 atom stereocenters. The minimum absolute atomic E-state index is 0.00486. The third-order valence-corrected chi connectivity index (χ3v) is 2.52. The SMILES string of the molecule is NC(=NCCCC(N)C(=O)O)N1CC(=O)CC1=O. The Labute approximate surface area is 104 Å². The van der Waals surface area contributed by atoms with Crippen LogP contribution in [0.1, 0.15) is 19.3 Å². The van der Waals surface area contributed by atoms with E-state index >= 15 is 0 Å². The first-order valence-electron chi connectivity index (χ1n) is 5.52. The van der Waals surface area contributed by atoms with E-state index in [2.05, 4.69) is 4.99 Å². The predicted octanol–water partition coefficient (Wildman–Crippen LogP) is -1.71. The summed E-state index contributed by atoms with van der Waals surface area (Å²) in [7, 11) is 0. The van der Waals surface area contributed by atoms with E-state index in [1.807, 2.05) is 0 Å². The molecule has 8 heteroatoms. The molecule has 0 aromatic carbocycles. The normalized spacial score (nSPS) is 18.3. The first kappa shape index (κ1) is 14.1. The second-order valence-electron chi connectivity index (χ2n) is 4.02. The number of hydrogen-bond acceptors (Lipinski definition) is 5. The average molecular weight is 256 g/mol. The number of amides is 1. The molecular formula is C10H16N4O4. The Kier molecular flexibility index (Phi) is 4.78. The lowest BCUT2D eigenvalue weighted by Crippen LogP contribution is -2.38. The van der Waals surface area contributed by atoms with E-state index in [0.717, 1.165) is 4.90 Å². The molecule has 0 aromatic heterocycles. The Morgan fingerprint density at radius 3 is 2.67 bits per heavy atom. The highest BCUT2D eigenvalue weighted by Gasteiger charge is 2.29. The average Bonchev–Trinajstić information content (AvgIpc) is 2.63. The quantitative estimate of drug-likeness (QED) is 0.232. The van der Waals surface area contributed by atoms with E-state index in [1.54, 1.807) is 0 Å². The van der Waals surface area contributed by atoms with Gasteiger partial charge >= 0.3 is 5.97 Å². The fourth-order valence-electron chi connectivity index (χ4n) is 1.51. The molecule has 0 saturated carbocycles. The summed E-state index contributed by atoms with van der Waals surface area (Å²) in [6.45, 7) is 0.230. The zero-order chi connectivity index (χ0) is 13.7. The summed E-state index contributed by atoms with van der Waals surface area (Å²) >= 11 is 0. The molecule has 1 aliphatic rings. The van der Waals surface area contributed by atoms with E-state index in [0.29, 0.717) is 6.42 Å². The van der Waals surface area contributed by atoms with Crippen molar-refractivity contribution in [2.24, 2.45) is 16.5 Å². The maximum absolute atomic E-state index is 11.3. The summed E-state index contributed by atoms with van der Waals surface area (Å²) in [4.78, 5) is 37.8. The molecule has 100 valence electrons. The molecular weight excluding hydrogens is 240 g/mol. The summed E-state index contributed by atoms with van der Waals surface area (Å²) in [5.41, 5.74) is 10.9. The van der Waals surface area contributed by atoms with E-state index in [9.17, 15) is 14.4 Å². The molecule has 8 nitrogen and oxygen atoms in total. The van der Waals surface area contributed by atoms with Crippen molar-refractivity contribution in [2.45, 2.75) is 25.3 Å². The molecule has 0 aromatic rings. The van der Waals surface area contributed by atoms with E-state index in [4.69, 9.17) is 16.6 Å². The van der Waals surface area contributed by atoms with Gasteiger partial charge in [-0.1, -0.05) is 0 Å². The fraction of sp³-hybridized carbons (Fsp3) is 0.600. The van der Waals surface area contributed by atoms with E-state index in [-0.39, 0.29) is 43.6 Å². The number of aliphatic imine (C=N–C) groups is 1. The maximum atomic E-state index is 11.3. The number of carbonyl (C=O) groups is 3. The Balaban J connectivity index is 2.36. The number of nitrogens with two attached hydrogens (primary N) is 2. The van der Waals surface area contributed by atoms with Crippen LogP contribution in [0.15, 0.2) is 4.99 Å². The van der Waals surface area contributed by atoms with Gasteiger partial charge in [-0.3, -0.25) is 24.3 Å². The van der Waals surface area contributed by atoms with Crippen LogP contribution >= 0.6 is 0 Å². The van der Waals surface area contributed by atoms with Gasteiger partial charge in [-0.05, 0) is 12.8 Å². The predicted molar refractivity (Wildman–Crippen MR) is 62.7 cm³/mol. The van der Waals surface area contributed by atoms with Crippen molar-refractivity contribution in [1.29, 1.82) is 0 Å². The number of ketones is 1. The first-order chi connectivity index (χ1) is 8.41. The molecule has 18 heavy (non-hydrogen) atoms. The van der Waals surface area contributed by atoms with Crippen LogP contribution in [0.4, 0.5) is 0 Å². The summed E-state index contributed by atoms with van der Waals surface area (Å²) in [5, 5.41) is 8.55. The summed E-state index contributed by atoms with van der Waals surface area (Å²) in [5.74, 6) is -1.61. The van der Waals surface area contributed by atoms with Crippen molar-refractivity contribution >= 4 is 23.6 Å². The van der Waals surface area contributed by atoms with Crippen LogP contribution in [0.2, 0.25) is 0 Å². The fourth-order valence-corrected chi connectivity index (χ4v) is 1.51. The zero-order valence-corrected chi connectivity index (χ0v) is 9.83. The number of carboxylic acid groups (broad SMARTS) is 1. The van der Waals surface area contributed by atoms with Crippen molar-refractivity contribution in [1.82, 2.24) is 4.90 Å². The van der Waals surface area contributed by atoms with Crippen LogP contribution in [0.3, 0.4) is 0 Å². The van der Waals surface area contributed by atoms with Crippen LogP contribution in [-0.4, -0.2) is 52.8 Å². The lowest BCUT2D eigenvalue weighted by Gasteiger charge is -2.13.